The number of nitrogens with one attached hydrogen (secondary N) is 1. The quantitative estimate of drug-likeness (QED) is 0.712. The smallest absolute Gasteiger partial charge is 0.390 e. The standard InChI is InChI=1S/C12H17F3N2O3S/c13-12(14,15)6-8-17-21(18,19)11-4-2-10(3-5-11)20-9-1-7-16/h2-5,17H,1,6-9,16H2. The van der Waals surface area contributed by atoms with Crippen molar-refractivity contribution in [3.63, 3.8) is 0 Å². The largest absolute Gasteiger partial charge is 0.494 e. The first-order valence-electron chi connectivity index (χ1n) is 6.24. The summed E-state index contributed by atoms with van der Waals surface area (Å²) in [7, 11) is -3.95. The highest BCUT2D eigenvalue weighted by Gasteiger charge is 2.27. The van der Waals surface area contributed by atoms with E-state index in [0.717, 1.165) is 0 Å². The molecule has 5 nitrogen and oxygen atoms in total. The monoisotopic (exact) mass is 326 g/mol. The molecule has 0 fully saturated rings. The minimum absolute atomic E-state index is 0.115. The zero-order valence-corrected chi connectivity index (χ0v) is 12.0. The van der Waals surface area contributed by atoms with Gasteiger partial charge in [-0.3, -0.25) is 0 Å². The summed E-state index contributed by atoms with van der Waals surface area (Å²) in [6.45, 7) is 0.197. The van der Waals surface area contributed by atoms with Crippen LogP contribution in [0.3, 0.4) is 0 Å². The van der Waals surface area contributed by atoms with E-state index in [9.17, 15) is 21.6 Å². The molecule has 0 aromatic heterocycles. The minimum atomic E-state index is -4.40. The van der Waals surface area contributed by atoms with Crippen LogP contribution in [0.2, 0.25) is 0 Å². The first kappa shape index (κ1) is 17.7. The number of halogens is 3. The third-order valence-electron chi connectivity index (χ3n) is 2.45. The highest BCUT2D eigenvalue weighted by molar-refractivity contribution is 7.89. The molecule has 0 heterocycles. The fourth-order valence-corrected chi connectivity index (χ4v) is 2.43. The van der Waals surface area contributed by atoms with Gasteiger partial charge in [-0.1, -0.05) is 0 Å². The summed E-state index contributed by atoms with van der Waals surface area (Å²) < 4.78 is 66.6. The van der Waals surface area contributed by atoms with Crippen molar-refractivity contribution in [3.05, 3.63) is 24.3 Å². The van der Waals surface area contributed by atoms with E-state index < -0.39 is 29.2 Å². The van der Waals surface area contributed by atoms with Gasteiger partial charge >= 0.3 is 6.18 Å². The Morgan fingerprint density at radius 2 is 1.81 bits per heavy atom. The Balaban J connectivity index is 2.59. The molecule has 0 unspecified atom stereocenters. The van der Waals surface area contributed by atoms with Gasteiger partial charge in [0.15, 0.2) is 0 Å². The summed E-state index contributed by atoms with van der Waals surface area (Å²) in [5.74, 6) is 0.470. The van der Waals surface area contributed by atoms with Gasteiger partial charge in [-0.2, -0.15) is 13.2 Å². The highest BCUT2D eigenvalue weighted by Crippen LogP contribution is 2.19. The van der Waals surface area contributed by atoms with Crippen molar-refractivity contribution < 1.29 is 26.3 Å². The highest BCUT2D eigenvalue weighted by atomic mass is 32.2. The average Bonchev–Trinajstić information content (AvgIpc) is 2.38. The van der Waals surface area contributed by atoms with E-state index in [-0.39, 0.29) is 4.90 Å². The number of alkyl halides is 3. The molecule has 3 N–H and O–H groups in total. The second-order valence-corrected chi connectivity index (χ2v) is 5.99. The van der Waals surface area contributed by atoms with Gasteiger partial charge in [-0.25, -0.2) is 13.1 Å². The lowest BCUT2D eigenvalue weighted by atomic mass is 10.3. The summed E-state index contributed by atoms with van der Waals surface area (Å²) in [4.78, 5) is -0.115. The topological polar surface area (TPSA) is 81.4 Å². The Morgan fingerprint density at radius 3 is 2.33 bits per heavy atom. The van der Waals surface area contributed by atoms with Crippen LogP contribution >= 0.6 is 0 Å². The van der Waals surface area contributed by atoms with Gasteiger partial charge in [0.25, 0.3) is 0 Å². The molecule has 0 aliphatic heterocycles. The molecule has 1 aromatic carbocycles. The van der Waals surface area contributed by atoms with E-state index in [1.165, 1.54) is 24.3 Å². The van der Waals surface area contributed by atoms with Crippen LogP contribution < -0.4 is 15.2 Å². The molecule has 0 bridgehead atoms. The molecule has 0 amide bonds. The van der Waals surface area contributed by atoms with Crippen molar-refractivity contribution >= 4 is 10.0 Å². The SMILES string of the molecule is NCCCOc1ccc(S(=O)(=O)NCCC(F)(F)F)cc1. The van der Waals surface area contributed by atoms with Gasteiger partial charge in [0.05, 0.1) is 17.9 Å². The fraction of sp³-hybridized carbons (Fsp3) is 0.500. The van der Waals surface area contributed by atoms with Crippen LogP contribution in [0.5, 0.6) is 5.75 Å². The van der Waals surface area contributed by atoms with Gasteiger partial charge < -0.3 is 10.5 Å². The Morgan fingerprint density at radius 1 is 1.19 bits per heavy atom. The molecule has 0 atom stereocenters. The third kappa shape index (κ3) is 6.78. The summed E-state index contributed by atoms with van der Waals surface area (Å²) in [6.07, 6.45) is -4.95. The Bertz CT molecular complexity index is 530. The number of hydrogen-bond acceptors (Lipinski definition) is 4. The van der Waals surface area contributed by atoms with Crippen molar-refractivity contribution in [2.45, 2.75) is 23.9 Å². The summed E-state index contributed by atoms with van der Waals surface area (Å²) in [6, 6.07) is 5.42. The predicted octanol–water partition coefficient (Wildman–Crippen LogP) is 1.64. The van der Waals surface area contributed by atoms with Crippen LogP contribution in [0.4, 0.5) is 13.2 Å². The fourth-order valence-electron chi connectivity index (χ4n) is 1.40. The van der Waals surface area contributed by atoms with Crippen molar-refractivity contribution in [3.8, 4) is 5.75 Å². The second kappa shape index (κ2) is 7.62. The Kier molecular flexibility index (Phi) is 6.43. The third-order valence-corrected chi connectivity index (χ3v) is 3.93. The normalized spacial score (nSPS) is 12.4. The van der Waals surface area contributed by atoms with Gasteiger partial charge in [0, 0.05) is 6.54 Å². The molecule has 1 aromatic rings. The summed E-state index contributed by atoms with van der Waals surface area (Å²) >= 11 is 0. The van der Waals surface area contributed by atoms with Crippen molar-refractivity contribution in [2.24, 2.45) is 5.73 Å². The molecular formula is C12H17F3N2O3S. The van der Waals surface area contributed by atoms with Crippen LogP contribution in [-0.2, 0) is 10.0 Å². The van der Waals surface area contributed by atoms with E-state index in [2.05, 4.69) is 0 Å². The molecule has 21 heavy (non-hydrogen) atoms. The van der Waals surface area contributed by atoms with Crippen molar-refractivity contribution in [1.82, 2.24) is 4.72 Å². The maximum atomic E-state index is 12.0. The maximum Gasteiger partial charge on any atom is 0.390 e. The number of rotatable bonds is 8. The van der Waals surface area contributed by atoms with E-state index in [4.69, 9.17) is 10.5 Å². The zero-order valence-electron chi connectivity index (χ0n) is 11.2. The van der Waals surface area contributed by atoms with Gasteiger partial charge in [0.2, 0.25) is 10.0 Å². The van der Waals surface area contributed by atoms with E-state index in [0.29, 0.717) is 25.3 Å². The molecule has 0 spiro atoms. The lowest BCUT2D eigenvalue weighted by Gasteiger charge is -2.10. The molecule has 0 saturated heterocycles. The van der Waals surface area contributed by atoms with Crippen molar-refractivity contribution in [1.29, 1.82) is 0 Å². The molecule has 9 heteroatoms. The molecular weight excluding hydrogens is 309 g/mol. The number of benzene rings is 1. The van der Waals surface area contributed by atoms with E-state index >= 15 is 0 Å². The summed E-state index contributed by atoms with van der Waals surface area (Å²) in [5.41, 5.74) is 5.30. The van der Waals surface area contributed by atoms with Crippen LogP contribution in [0, 0.1) is 0 Å². The van der Waals surface area contributed by atoms with Gasteiger partial charge in [0.1, 0.15) is 5.75 Å². The number of nitrogens with two attached hydrogens (primary N) is 1. The summed E-state index contributed by atoms with van der Waals surface area (Å²) in [5, 5.41) is 0. The number of hydrogen-bond donors (Lipinski definition) is 2. The lowest BCUT2D eigenvalue weighted by Crippen LogP contribution is -2.28. The Labute approximate surface area is 121 Å². The first-order valence-corrected chi connectivity index (χ1v) is 7.72. The predicted molar refractivity (Wildman–Crippen MR) is 71.5 cm³/mol. The van der Waals surface area contributed by atoms with E-state index in [1.54, 1.807) is 0 Å². The number of ether oxygens (including phenoxy) is 1. The second-order valence-electron chi connectivity index (χ2n) is 4.23. The first-order chi connectivity index (χ1) is 9.74. The molecule has 0 aliphatic rings. The van der Waals surface area contributed by atoms with Gasteiger partial charge in [-0.15, -0.1) is 0 Å². The molecule has 0 saturated carbocycles. The lowest BCUT2D eigenvalue weighted by molar-refractivity contribution is -0.132. The zero-order chi connectivity index (χ0) is 15.9. The average molecular weight is 326 g/mol. The van der Waals surface area contributed by atoms with Crippen molar-refractivity contribution in [2.75, 3.05) is 19.7 Å². The van der Waals surface area contributed by atoms with Crippen LogP contribution in [-0.4, -0.2) is 34.3 Å². The molecule has 1 rings (SSSR count). The molecule has 0 radical (unpaired) electrons. The molecule has 120 valence electrons. The number of sulfonamides is 1. The van der Waals surface area contributed by atoms with Crippen LogP contribution in [0.15, 0.2) is 29.2 Å². The molecule has 0 aliphatic carbocycles. The van der Waals surface area contributed by atoms with Gasteiger partial charge in [-0.05, 0) is 37.2 Å². The maximum absolute atomic E-state index is 12.0. The van der Waals surface area contributed by atoms with Crippen LogP contribution in [0.1, 0.15) is 12.8 Å². The Hall–Kier alpha value is -1.32. The minimum Gasteiger partial charge on any atom is -0.494 e. The van der Waals surface area contributed by atoms with E-state index in [1.807, 2.05) is 4.72 Å². The van der Waals surface area contributed by atoms with Crippen LogP contribution in [0.25, 0.3) is 0 Å².